The van der Waals surface area contributed by atoms with Crippen LogP contribution in [0.15, 0.2) is 36.7 Å². The number of methoxy groups -OCH3 is 1. The second-order valence-electron chi connectivity index (χ2n) is 6.80. The smallest absolute Gasteiger partial charge is 0.269 e. The first-order valence-electron chi connectivity index (χ1n) is 9.16. The number of ether oxygens (including phenoxy) is 2. The summed E-state index contributed by atoms with van der Waals surface area (Å²) in [6.45, 7) is 3.73. The fourth-order valence-corrected chi connectivity index (χ4v) is 3.62. The number of alkyl halides is 2. The molecule has 146 valence electrons. The molecule has 1 aromatic carbocycles. The van der Waals surface area contributed by atoms with Gasteiger partial charge < -0.3 is 14.8 Å². The van der Waals surface area contributed by atoms with Crippen molar-refractivity contribution < 1.29 is 18.3 Å². The standard InChI is InChI=1S/C21H21F2N3O2/c1-12-18(28-14-5-7-24-11-14)4-3-17-19(12)15(6-8-25-17)13-9-16(20(22)23)21(27-2)26-10-13/h3-4,6,8-10,14,20,24H,5,7,11H2,1-2H3/t14-/m0/s1. The van der Waals surface area contributed by atoms with Crippen molar-refractivity contribution in [3.8, 4) is 22.8 Å². The third kappa shape index (κ3) is 3.38. The van der Waals surface area contributed by atoms with Crippen LogP contribution in [0.25, 0.3) is 22.0 Å². The molecule has 7 heteroatoms. The van der Waals surface area contributed by atoms with E-state index in [4.69, 9.17) is 9.47 Å². The summed E-state index contributed by atoms with van der Waals surface area (Å²) in [4.78, 5) is 8.51. The molecule has 3 heterocycles. The molecule has 1 N–H and O–H groups in total. The lowest BCUT2D eigenvalue weighted by Crippen LogP contribution is -2.20. The number of benzene rings is 1. The molecule has 1 atom stereocenters. The molecular weight excluding hydrogens is 364 g/mol. The monoisotopic (exact) mass is 385 g/mol. The maximum absolute atomic E-state index is 13.4. The SMILES string of the molecule is COc1ncc(-c2ccnc3ccc(O[C@H]4CCNC4)c(C)c23)cc1C(F)F. The Morgan fingerprint density at radius 2 is 2.07 bits per heavy atom. The highest BCUT2D eigenvalue weighted by atomic mass is 19.3. The number of fused-ring (bicyclic) bond motifs is 1. The number of nitrogens with zero attached hydrogens (tertiary/aromatic N) is 2. The van der Waals surface area contributed by atoms with Gasteiger partial charge in [-0.15, -0.1) is 0 Å². The van der Waals surface area contributed by atoms with E-state index in [0.717, 1.165) is 47.3 Å². The van der Waals surface area contributed by atoms with E-state index in [0.29, 0.717) is 5.56 Å². The lowest BCUT2D eigenvalue weighted by atomic mass is 9.97. The highest BCUT2D eigenvalue weighted by molar-refractivity contribution is 5.97. The molecule has 1 fully saturated rings. The molecule has 0 amide bonds. The van der Waals surface area contributed by atoms with Gasteiger partial charge >= 0.3 is 0 Å². The molecule has 0 spiro atoms. The molecule has 28 heavy (non-hydrogen) atoms. The maximum atomic E-state index is 13.4. The molecule has 2 aromatic heterocycles. The van der Waals surface area contributed by atoms with Crippen LogP contribution in [0.3, 0.4) is 0 Å². The topological polar surface area (TPSA) is 56.3 Å². The molecular formula is C21H21F2N3O2. The zero-order valence-electron chi connectivity index (χ0n) is 15.7. The van der Waals surface area contributed by atoms with Gasteiger partial charge in [0.15, 0.2) is 0 Å². The molecule has 0 saturated carbocycles. The zero-order valence-corrected chi connectivity index (χ0v) is 15.7. The Labute approximate surface area is 161 Å². The number of aryl methyl sites for hydroxylation is 1. The van der Waals surface area contributed by atoms with Crippen molar-refractivity contribution in [2.75, 3.05) is 20.2 Å². The number of nitrogens with one attached hydrogen (secondary N) is 1. The maximum Gasteiger partial charge on any atom is 0.269 e. The summed E-state index contributed by atoms with van der Waals surface area (Å²) in [5, 5.41) is 4.16. The second-order valence-corrected chi connectivity index (χ2v) is 6.80. The third-order valence-corrected chi connectivity index (χ3v) is 5.04. The first-order chi connectivity index (χ1) is 13.6. The lowest BCUT2D eigenvalue weighted by Gasteiger charge is -2.17. The van der Waals surface area contributed by atoms with Gasteiger partial charge in [-0.05, 0) is 49.7 Å². The van der Waals surface area contributed by atoms with E-state index in [-0.39, 0.29) is 17.5 Å². The summed E-state index contributed by atoms with van der Waals surface area (Å²) in [7, 11) is 1.33. The summed E-state index contributed by atoms with van der Waals surface area (Å²) >= 11 is 0. The zero-order chi connectivity index (χ0) is 19.7. The minimum absolute atomic E-state index is 0.0633. The van der Waals surface area contributed by atoms with Crippen LogP contribution >= 0.6 is 0 Å². The predicted octanol–water partition coefficient (Wildman–Crippen LogP) is 4.29. The van der Waals surface area contributed by atoms with Gasteiger partial charge in [-0.25, -0.2) is 13.8 Å². The summed E-state index contributed by atoms with van der Waals surface area (Å²) in [5.74, 6) is 0.720. The van der Waals surface area contributed by atoms with E-state index in [1.54, 1.807) is 12.4 Å². The van der Waals surface area contributed by atoms with Crippen LogP contribution < -0.4 is 14.8 Å². The molecule has 0 unspecified atom stereocenters. The van der Waals surface area contributed by atoms with Gasteiger partial charge in [0.25, 0.3) is 6.43 Å². The van der Waals surface area contributed by atoms with Gasteiger partial charge in [0.05, 0.1) is 18.2 Å². The Morgan fingerprint density at radius 3 is 2.79 bits per heavy atom. The first-order valence-corrected chi connectivity index (χ1v) is 9.16. The second kappa shape index (κ2) is 7.67. The largest absolute Gasteiger partial charge is 0.489 e. The lowest BCUT2D eigenvalue weighted by molar-refractivity contribution is 0.146. The number of pyridine rings is 2. The molecule has 1 saturated heterocycles. The fourth-order valence-electron chi connectivity index (χ4n) is 3.62. The van der Waals surface area contributed by atoms with E-state index >= 15 is 0 Å². The number of aromatic nitrogens is 2. The molecule has 1 aliphatic heterocycles. The molecule has 0 bridgehead atoms. The molecule has 0 aliphatic carbocycles. The molecule has 5 nitrogen and oxygen atoms in total. The average Bonchev–Trinajstić information content (AvgIpc) is 3.22. The van der Waals surface area contributed by atoms with Crippen molar-refractivity contribution in [3.05, 3.63) is 47.8 Å². The number of hydrogen-bond acceptors (Lipinski definition) is 5. The average molecular weight is 385 g/mol. The van der Waals surface area contributed by atoms with Gasteiger partial charge in [-0.3, -0.25) is 4.98 Å². The van der Waals surface area contributed by atoms with Gasteiger partial charge in [0, 0.05) is 35.5 Å². The van der Waals surface area contributed by atoms with Crippen molar-refractivity contribution >= 4 is 10.9 Å². The van der Waals surface area contributed by atoms with Crippen LogP contribution in [-0.4, -0.2) is 36.3 Å². The highest BCUT2D eigenvalue weighted by Crippen LogP contribution is 2.37. The predicted molar refractivity (Wildman–Crippen MR) is 103 cm³/mol. The molecule has 4 rings (SSSR count). The van der Waals surface area contributed by atoms with Gasteiger partial charge in [0.2, 0.25) is 5.88 Å². The molecule has 1 aliphatic rings. The van der Waals surface area contributed by atoms with E-state index < -0.39 is 6.43 Å². The van der Waals surface area contributed by atoms with E-state index in [1.807, 2.05) is 25.1 Å². The number of hydrogen-bond donors (Lipinski definition) is 1. The van der Waals surface area contributed by atoms with Gasteiger partial charge in [-0.2, -0.15) is 0 Å². The van der Waals surface area contributed by atoms with Crippen molar-refractivity contribution in [2.45, 2.75) is 25.9 Å². The van der Waals surface area contributed by atoms with Crippen LogP contribution in [0, 0.1) is 6.92 Å². The Hall–Kier alpha value is -2.80. The quantitative estimate of drug-likeness (QED) is 0.710. The minimum Gasteiger partial charge on any atom is -0.489 e. The Morgan fingerprint density at radius 1 is 1.21 bits per heavy atom. The highest BCUT2D eigenvalue weighted by Gasteiger charge is 2.20. The van der Waals surface area contributed by atoms with Crippen LogP contribution in [0.5, 0.6) is 11.6 Å². The van der Waals surface area contributed by atoms with Crippen molar-refractivity contribution in [1.82, 2.24) is 15.3 Å². The summed E-state index contributed by atoms with van der Waals surface area (Å²) in [5.41, 5.74) is 2.86. The van der Waals surface area contributed by atoms with E-state index in [1.165, 1.54) is 13.2 Å². The summed E-state index contributed by atoms with van der Waals surface area (Å²) in [6, 6.07) is 7.06. The van der Waals surface area contributed by atoms with Crippen LogP contribution in [0.1, 0.15) is 24.0 Å². The van der Waals surface area contributed by atoms with Crippen LogP contribution in [-0.2, 0) is 0 Å². The van der Waals surface area contributed by atoms with E-state index in [2.05, 4.69) is 15.3 Å². The van der Waals surface area contributed by atoms with Crippen LogP contribution in [0.2, 0.25) is 0 Å². The molecule has 3 aromatic rings. The summed E-state index contributed by atoms with van der Waals surface area (Å²) in [6.07, 6.45) is 1.63. The Balaban J connectivity index is 1.84. The van der Waals surface area contributed by atoms with Crippen molar-refractivity contribution in [2.24, 2.45) is 0 Å². The van der Waals surface area contributed by atoms with Gasteiger partial charge in [-0.1, -0.05) is 0 Å². The minimum atomic E-state index is -2.68. The molecule has 0 radical (unpaired) electrons. The van der Waals surface area contributed by atoms with Crippen LogP contribution in [0.4, 0.5) is 8.78 Å². The number of halogens is 2. The Kier molecular flexibility index (Phi) is 5.09. The fraction of sp³-hybridized carbons (Fsp3) is 0.333. The number of rotatable bonds is 5. The first kappa shape index (κ1) is 18.6. The van der Waals surface area contributed by atoms with Crippen molar-refractivity contribution in [1.29, 1.82) is 0 Å². The normalized spacial score (nSPS) is 16.7. The summed E-state index contributed by atoms with van der Waals surface area (Å²) < 4.78 is 38.0. The van der Waals surface area contributed by atoms with E-state index in [9.17, 15) is 8.78 Å². The Bertz CT molecular complexity index is 1000. The van der Waals surface area contributed by atoms with Crippen molar-refractivity contribution in [3.63, 3.8) is 0 Å². The van der Waals surface area contributed by atoms with Gasteiger partial charge in [0.1, 0.15) is 11.9 Å². The third-order valence-electron chi connectivity index (χ3n) is 5.04.